The lowest BCUT2D eigenvalue weighted by Gasteiger charge is -2.18. The minimum absolute atomic E-state index is 0.0887. The Morgan fingerprint density at radius 3 is 2.48 bits per heavy atom. The summed E-state index contributed by atoms with van der Waals surface area (Å²) in [6.45, 7) is 2.52. The van der Waals surface area contributed by atoms with E-state index in [2.05, 4.69) is 17.2 Å². The first-order valence-electron chi connectivity index (χ1n) is 9.14. The summed E-state index contributed by atoms with van der Waals surface area (Å²) in [5.74, 6) is 0.0887. The number of nitrogens with zero attached hydrogens (tertiary/aromatic N) is 3. The number of carbonyl (C=O) groups is 2. The monoisotopic (exact) mass is 368 g/mol. The van der Waals surface area contributed by atoms with E-state index in [9.17, 15) is 9.59 Å². The van der Waals surface area contributed by atoms with E-state index in [1.807, 2.05) is 42.6 Å². The minimum Gasteiger partial charge on any atom is -0.349 e. The Hall–Kier alpha value is -2.89. The molecule has 6 heteroatoms. The summed E-state index contributed by atoms with van der Waals surface area (Å²) in [5, 5.41) is 2.90. The smallest absolute Gasteiger partial charge is 0.321 e. The third-order valence-electron chi connectivity index (χ3n) is 4.34. The van der Waals surface area contributed by atoms with E-state index in [-0.39, 0.29) is 11.9 Å². The first kappa shape index (κ1) is 20.4. The molecule has 3 amide bonds. The molecule has 0 aliphatic rings. The zero-order valence-electron chi connectivity index (χ0n) is 16.5. The van der Waals surface area contributed by atoms with Crippen molar-refractivity contribution in [2.75, 3.05) is 26.5 Å². The van der Waals surface area contributed by atoms with Gasteiger partial charge in [0.05, 0.1) is 12.2 Å². The molecule has 0 atom stereocenters. The molecule has 2 rings (SSSR count). The van der Waals surface area contributed by atoms with Crippen LogP contribution in [0.15, 0.2) is 42.6 Å². The standard InChI is InChI=1S/C21H28N4O2/c1-5-16-9-11-19(22-14-16)15-25(4)21(27)23-18-8-6-7-17(13-18)10-12-20(26)24(2)3/h6-9,11,13-14H,5,10,12,15H2,1-4H3,(H,23,27). The molecule has 6 nitrogen and oxygen atoms in total. The molecule has 1 aromatic heterocycles. The average Bonchev–Trinajstić information content (AvgIpc) is 2.66. The zero-order chi connectivity index (χ0) is 19.8. The summed E-state index contributed by atoms with van der Waals surface area (Å²) in [6.07, 6.45) is 3.88. The third kappa shape index (κ3) is 6.40. The van der Waals surface area contributed by atoms with Gasteiger partial charge < -0.3 is 15.1 Å². The highest BCUT2D eigenvalue weighted by molar-refractivity contribution is 5.89. The number of rotatable bonds is 7. The van der Waals surface area contributed by atoms with E-state index in [4.69, 9.17) is 0 Å². The lowest BCUT2D eigenvalue weighted by Crippen LogP contribution is -2.31. The fourth-order valence-corrected chi connectivity index (χ4v) is 2.57. The van der Waals surface area contributed by atoms with Gasteiger partial charge in [0.25, 0.3) is 0 Å². The van der Waals surface area contributed by atoms with Gasteiger partial charge in [0.2, 0.25) is 5.91 Å². The van der Waals surface area contributed by atoms with Gasteiger partial charge in [-0.05, 0) is 42.2 Å². The Labute approximate surface area is 161 Å². The molecule has 0 fully saturated rings. The Morgan fingerprint density at radius 1 is 1.07 bits per heavy atom. The second kappa shape index (κ2) is 9.71. The molecule has 1 heterocycles. The highest BCUT2D eigenvalue weighted by atomic mass is 16.2. The first-order chi connectivity index (χ1) is 12.9. The maximum Gasteiger partial charge on any atom is 0.321 e. The highest BCUT2D eigenvalue weighted by Crippen LogP contribution is 2.14. The van der Waals surface area contributed by atoms with Gasteiger partial charge in [0.1, 0.15) is 0 Å². The molecule has 2 aromatic rings. The predicted octanol–water partition coefficient (Wildman–Crippen LogP) is 3.33. The third-order valence-corrected chi connectivity index (χ3v) is 4.34. The van der Waals surface area contributed by atoms with Gasteiger partial charge in [-0.25, -0.2) is 4.79 Å². The van der Waals surface area contributed by atoms with Crippen LogP contribution in [0.2, 0.25) is 0 Å². The fraction of sp³-hybridized carbons (Fsp3) is 0.381. The van der Waals surface area contributed by atoms with Crippen molar-refractivity contribution in [3.05, 3.63) is 59.4 Å². The van der Waals surface area contributed by atoms with Gasteiger partial charge in [-0.2, -0.15) is 0 Å². The summed E-state index contributed by atoms with van der Waals surface area (Å²) in [6, 6.07) is 11.4. The molecule has 0 spiro atoms. The summed E-state index contributed by atoms with van der Waals surface area (Å²) >= 11 is 0. The minimum atomic E-state index is -0.196. The number of pyridine rings is 1. The molecular formula is C21H28N4O2. The van der Waals surface area contributed by atoms with Gasteiger partial charge >= 0.3 is 6.03 Å². The first-order valence-corrected chi connectivity index (χ1v) is 9.14. The quantitative estimate of drug-likeness (QED) is 0.815. The number of benzene rings is 1. The molecule has 0 unspecified atom stereocenters. The normalized spacial score (nSPS) is 10.4. The van der Waals surface area contributed by atoms with Gasteiger partial charge in [0, 0.05) is 39.4 Å². The zero-order valence-corrected chi connectivity index (χ0v) is 16.5. The predicted molar refractivity (Wildman–Crippen MR) is 108 cm³/mol. The van der Waals surface area contributed by atoms with Crippen molar-refractivity contribution in [1.29, 1.82) is 0 Å². The van der Waals surface area contributed by atoms with Crippen molar-refractivity contribution in [3.8, 4) is 0 Å². The topological polar surface area (TPSA) is 65.5 Å². The summed E-state index contributed by atoms with van der Waals surface area (Å²) in [7, 11) is 5.24. The molecule has 1 aromatic carbocycles. The lowest BCUT2D eigenvalue weighted by molar-refractivity contribution is -0.128. The van der Waals surface area contributed by atoms with E-state index >= 15 is 0 Å². The molecular weight excluding hydrogens is 340 g/mol. The Kier molecular flexibility index (Phi) is 7.34. The van der Waals surface area contributed by atoms with Crippen LogP contribution in [0.4, 0.5) is 10.5 Å². The largest absolute Gasteiger partial charge is 0.349 e. The number of carbonyl (C=O) groups excluding carboxylic acids is 2. The summed E-state index contributed by atoms with van der Waals surface area (Å²) < 4.78 is 0. The van der Waals surface area contributed by atoms with Crippen molar-refractivity contribution in [3.63, 3.8) is 0 Å². The Morgan fingerprint density at radius 2 is 1.85 bits per heavy atom. The van der Waals surface area contributed by atoms with Crippen LogP contribution in [-0.2, 0) is 24.2 Å². The highest BCUT2D eigenvalue weighted by Gasteiger charge is 2.11. The van der Waals surface area contributed by atoms with Crippen LogP contribution in [0, 0.1) is 0 Å². The van der Waals surface area contributed by atoms with Crippen LogP contribution in [-0.4, -0.2) is 47.9 Å². The molecule has 0 saturated carbocycles. The Balaban J connectivity index is 1.92. The van der Waals surface area contributed by atoms with E-state index in [0.717, 1.165) is 23.4 Å². The van der Waals surface area contributed by atoms with Crippen molar-refractivity contribution in [2.45, 2.75) is 32.7 Å². The molecule has 27 heavy (non-hydrogen) atoms. The van der Waals surface area contributed by atoms with Crippen LogP contribution in [0.25, 0.3) is 0 Å². The van der Waals surface area contributed by atoms with E-state index < -0.39 is 0 Å². The molecule has 144 valence electrons. The molecule has 0 radical (unpaired) electrons. The van der Waals surface area contributed by atoms with Crippen molar-refractivity contribution in [2.24, 2.45) is 0 Å². The lowest BCUT2D eigenvalue weighted by atomic mass is 10.1. The maximum absolute atomic E-state index is 12.4. The van der Waals surface area contributed by atoms with Crippen LogP contribution in [0.1, 0.15) is 30.2 Å². The fourth-order valence-electron chi connectivity index (χ4n) is 2.57. The van der Waals surface area contributed by atoms with Gasteiger partial charge in [-0.15, -0.1) is 0 Å². The number of urea groups is 1. The number of anilines is 1. The molecule has 1 N–H and O–H groups in total. The van der Waals surface area contributed by atoms with Crippen molar-refractivity contribution < 1.29 is 9.59 Å². The molecule has 0 saturated heterocycles. The number of amides is 3. The maximum atomic E-state index is 12.4. The number of aromatic nitrogens is 1. The van der Waals surface area contributed by atoms with E-state index in [1.165, 1.54) is 5.56 Å². The van der Waals surface area contributed by atoms with E-state index in [0.29, 0.717) is 19.4 Å². The van der Waals surface area contributed by atoms with Crippen LogP contribution < -0.4 is 5.32 Å². The number of nitrogens with one attached hydrogen (secondary N) is 1. The SMILES string of the molecule is CCc1ccc(CN(C)C(=O)Nc2cccc(CCC(=O)N(C)C)c2)nc1. The molecule has 0 aliphatic heterocycles. The number of aryl methyl sites for hydroxylation is 2. The van der Waals surface area contributed by atoms with Crippen LogP contribution in [0.3, 0.4) is 0 Å². The number of hydrogen-bond donors (Lipinski definition) is 1. The van der Waals surface area contributed by atoms with Crippen LogP contribution >= 0.6 is 0 Å². The van der Waals surface area contributed by atoms with Crippen LogP contribution in [0.5, 0.6) is 0 Å². The van der Waals surface area contributed by atoms with E-state index in [1.54, 1.807) is 30.9 Å². The van der Waals surface area contributed by atoms with Crippen molar-refractivity contribution >= 4 is 17.6 Å². The van der Waals surface area contributed by atoms with Gasteiger partial charge in [0.15, 0.2) is 0 Å². The van der Waals surface area contributed by atoms with Gasteiger partial charge in [-0.3, -0.25) is 9.78 Å². The molecule has 0 bridgehead atoms. The second-order valence-electron chi connectivity index (χ2n) is 6.79. The number of hydrogen-bond acceptors (Lipinski definition) is 3. The second-order valence-corrected chi connectivity index (χ2v) is 6.79. The Bertz CT molecular complexity index is 772. The molecule has 0 aliphatic carbocycles. The average molecular weight is 368 g/mol. The summed E-state index contributed by atoms with van der Waals surface area (Å²) in [4.78, 5) is 31.7. The van der Waals surface area contributed by atoms with Crippen molar-refractivity contribution in [1.82, 2.24) is 14.8 Å². The summed E-state index contributed by atoms with van der Waals surface area (Å²) in [5.41, 5.74) is 3.76. The van der Waals surface area contributed by atoms with Gasteiger partial charge in [-0.1, -0.05) is 25.1 Å².